The quantitative estimate of drug-likeness (QED) is 0.382. The Kier molecular flexibility index (Phi) is 2.93. The van der Waals surface area contributed by atoms with E-state index in [1.165, 1.54) is 0 Å². The normalized spacial score (nSPS) is 4.40. The third-order valence-corrected chi connectivity index (χ3v) is 0.174. The van der Waals surface area contributed by atoms with E-state index in [0.717, 1.165) is 0 Å². The van der Waals surface area contributed by atoms with Crippen LogP contribution in [0.1, 0.15) is 6.92 Å². The van der Waals surface area contributed by atoms with Gasteiger partial charge in [-0.3, -0.25) is 0 Å². The highest BCUT2D eigenvalue weighted by atomic mass is 16.5. The summed E-state index contributed by atoms with van der Waals surface area (Å²) in [6.07, 6.45) is 2.25. The van der Waals surface area contributed by atoms with Crippen LogP contribution in [-0.2, 0) is 4.74 Å². The van der Waals surface area contributed by atoms with Crippen LogP contribution in [0.2, 0.25) is 0 Å². The lowest BCUT2D eigenvalue weighted by molar-refractivity contribution is 0.431. The Morgan fingerprint density at radius 2 is 2.40 bits per heavy atom. The highest BCUT2D eigenvalue weighted by Crippen LogP contribution is 1.53. The maximum Gasteiger partial charge on any atom is 0.135 e. The Bertz CT molecular complexity index is 55.8. The molecule has 0 N–H and O–H groups in total. The largest absolute Gasteiger partial charge is 0.443 e. The van der Waals surface area contributed by atoms with E-state index in [0.29, 0.717) is 0 Å². The number of hydrogen-bond donors (Lipinski definition) is 0. The fourth-order valence-corrected chi connectivity index (χ4v) is 0.0722. The average Bonchev–Trinajstić information content (AvgIpc) is 1.41. The minimum Gasteiger partial charge on any atom is -0.443 e. The van der Waals surface area contributed by atoms with Gasteiger partial charge < -0.3 is 4.74 Å². The van der Waals surface area contributed by atoms with E-state index in [-0.39, 0.29) is 0 Å². The van der Waals surface area contributed by atoms with Crippen LogP contribution in [0.5, 0.6) is 0 Å². The Hall–Kier alpha value is -0.640. The summed E-state index contributed by atoms with van der Waals surface area (Å²) >= 11 is 0. The van der Waals surface area contributed by atoms with Crippen molar-refractivity contribution in [3.05, 3.63) is 7.11 Å². The minimum atomic E-state index is 1.69. The Morgan fingerprint density at radius 1 is 1.80 bits per heavy atom. The molecular formula is C4H5O. The molecule has 0 aliphatic heterocycles. The first-order valence-corrected chi connectivity index (χ1v) is 1.24. The zero-order chi connectivity index (χ0) is 4.12. The maximum absolute atomic E-state index is 4.08. The molecule has 0 unspecified atom stereocenters. The Balaban J connectivity index is 2.81. The fourth-order valence-electron chi connectivity index (χ4n) is 0.0722. The third-order valence-electron chi connectivity index (χ3n) is 0.174. The molecule has 0 aliphatic carbocycles. The third kappa shape index (κ3) is 3.36. The van der Waals surface area contributed by atoms with Crippen molar-refractivity contribution in [3.8, 4) is 12.0 Å². The maximum atomic E-state index is 4.08. The molecule has 27 valence electrons. The van der Waals surface area contributed by atoms with E-state index < -0.39 is 0 Å². The molecule has 1 radical (unpaired) electrons. The molecule has 1 nitrogen and oxygen atoms in total. The first-order chi connectivity index (χ1) is 2.41. The highest BCUT2D eigenvalue weighted by Gasteiger charge is 1.43. The first-order valence-electron chi connectivity index (χ1n) is 1.24. The van der Waals surface area contributed by atoms with Crippen molar-refractivity contribution in [2.24, 2.45) is 0 Å². The molecule has 0 atom stereocenters. The van der Waals surface area contributed by atoms with Gasteiger partial charge in [-0.2, -0.15) is 0 Å². The van der Waals surface area contributed by atoms with Crippen molar-refractivity contribution in [2.45, 2.75) is 6.92 Å². The fraction of sp³-hybridized carbons (Fsp3) is 0.250. The number of rotatable bonds is 0. The van der Waals surface area contributed by atoms with Crippen LogP contribution in [-0.4, -0.2) is 0 Å². The molecule has 0 aromatic carbocycles. The average molecular weight is 69.1 g/mol. The second-order valence-electron chi connectivity index (χ2n) is 0.496. The van der Waals surface area contributed by atoms with Crippen LogP contribution in [0.4, 0.5) is 0 Å². The van der Waals surface area contributed by atoms with Crippen molar-refractivity contribution in [1.82, 2.24) is 0 Å². The molecule has 0 spiro atoms. The van der Waals surface area contributed by atoms with Crippen molar-refractivity contribution in [2.75, 3.05) is 0 Å². The smallest absolute Gasteiger partial charge is 0.135 e. The van der Waals surface area contributed by atoms with Gasteiger partial charge in [0.1, 0.15) is 13.2 Å². The summed E-state index contributed by atoms with van der Waals surface area (Å²) < 4.78 is 4.08. The van der Waals surface area contributed by atoms with Crippen molar-refractivity contribution >= 4 is 0 Å². The van der Waals surface area contributed by atoms with Crippen LogP contribution >= 0.6 is 0 Å². The molecule has 1 heteroatoms. The van der Waals surface area contributed by atoms with Gasteiger partial charge in [-0.05, 0) is 0 Å². The molecule has 0 amide bonds. The summed E-state index contributed by atoms with van der Waals surface area (Å²) in [5, 5.41) is 0. The monoisotopic (exact) mass is 69.0 g/mol. The zero-order valence-electron chi connectivity index (χ0n) is 3.12. The summed E-state index contributed by atoms with van der Waals surface area (Å²) in [4.78, 5) is 0. The van der Waals surface area contributed by atoms with Crippen molar-refractivity contribution in [3.63, 3.8) is 0 Å². The van der Waals surface area contributed by atoms with Gasteiger partial charge >= 0.3 is 0 Å². The van der Waals surface area contributed by atoms with Crippen LogP contribution in [0.25, 0.3) is 0 Å². The van der Waals surface area contributed by atoms with Crippen molar-refractivity contribution in [1.29, 1.82) is 0 Å². The van der Waals surface area contributed by atoms with E-state index in [2.05, 4.69) is 23.9 Å². The molecule has 0 bridgehead atoms. The second-order valence-corrected chi connectivity index (χ2v) is 0.496. The first kappa shape index (κ1) is 4.36. The summed E-state index contributed by atoms with van der Waals surface area (Å²) in [5.74, 6) is 2.48. The molecule has 0 fully saturated rings. The van der Waals surface area contributed by atoms with Gasteiger partial charge in [0, 0.05) is 6.92 Å². The lowest BCUT2D eigenvalue weighted by atomic mass is 10.8. The number of ether oxygens (including phenoxy) is 1. The molecule has 0 aromatic rings. The van der Waals surface area contributed by atoms with Crippen LogP contribution in [0.15, 0.2) is 0 Å². The topological polar surface area (TPSA) is 9.23 Å². The molecule has 0 aromatic heterocycles. The Labute approximate surface area is 31.9 Å². The molecular weight excluding hydrogens is 64.0 g/mol. The highest BCUT2D eigenvalue weighted by molar-refractivity contribution is 4.84. The second kappa shape index (κ2) is 3.36. The lowest BCUT2D eigenvalue weighted by Crippen LogP contribution is -1.53. The molecule has 0 saturated carbocycles. The van der Waals surface area contributed by atoms with Gasteiger partial charge in [0.2, 0.25) is 0 Å². The Morgan fingerprint density at radius 3 is 2.40 bits per heavy atom. The van der Waals surface area contributed by atoms with Crippen LogP contribution in [0, 0.1) is 19.1 Å². The molecule has 0 saturated heterocycles. The summed E-state index contributed by atoms with van der Waals surface area (Å²) in [7, 11) is 3.00. The van der Waals surface area contributed by atoms with Gasteiger partial charge in [0.05, 0.1) is 0 Å². The lowest BCUT2D eigenvalue weighted by Gasteiger charge is -1.68. The van der Waals surface area contributed by atoms with Gasteiger partial charge in [-0.25, -0.2) is 0 Å². The summed E-state index contributed by atoms with van der Waals surface area (Å²) in [6, 6.07) is 0. The van der Waals surface area contributed by atoms with E-state index in [1.807, 2.05) is 0 Å². The minimum absolute atomic E-state index is 1.69. The molecule has 0 rings (SSSR count). The predicted octanol–water partition coefficient (Wildman–Crippen LogP) is 0.775. The van der Waals surface area contributed by atoms with E-state index in [1.54, 1.807) is 6.92 Å². The predicted molar refractivity (Wildman–Crippen MR) is 19.9 cm³/mol. The van der Waals surface area contributed by atoms with Gasteiger partial charge in [-0.15, -0.1) is 0 Å². The van der Waals surface area contributed by atoms with Gasteiger partial charge in [0.25, 0.3) is 0 Å². The molecule has 0 aliphatic rings. The standard InChI is InChI=1S/C4H5O/c1-3-4-5-2/h2H2,1H3. The zero-order valence-corrected chi connectivity index (χ0v) is 3.12. The van der Waals surface area contributed by atoms with Gasteiger partial charge in [0.15, 0.2) is 0 Å². The van der Waals surface area contributed by atoms with E-state index >= 15 is 0 Å². The molecule has 5 heavy (non-hydrogen) atoms. The van der Waals surface area contributed by atoms with E-state index in [4.69, 9.17) is 0 Å². The van der Waals surface area contributed by atoms with Crippen LogP contribution < -0.4 is 0 Å². The summed E-state index contributed by atoms with van der Waals surface area (Å²) in [5.41, 5.74) is 0. The SMILES string of the molecule is [CH2]OC#CC. The summed E-state index contributed by atoms with van der Waals surface area (Å²) in [6.45, 7) is 1.69. The molecule has 0 heterocycles. The number of hydrogen-bond acceptors (Lipinski definition) is 1. The van der Waals surface area contributed by atoms with E-state index in [9.17, 15) is 0 Å². The van der Waals surface area contributed by atoms with Gasteiger partial charge in [-0.1, -0.05) is 5.92 Å². The van der Waals surface area contributed by atoms with Crippen LogP contribution in [0.3, 0.4) is 0 Å². The van der Waals surface area contributed by atoms with Crippen molar-refractivity contribution < 1.29 is 4.74 Å².